The molecule has 160 valence electrons. The van der Waals surface area contributed by atoms with Crippen LogP contribution in [0.5, 0.6) is 0 Å². The average Bonchev–Trinajstić information content (AvgIpc) is 3.16. The number of nitrogens with one attached hydrogen (secondary N) is 1. The predicted octanol–water partition coefficient (Wildman–Crippen LogP) is 2.31. The first-order valence-electron chi connectivity index (χ1n) is 10.2. The summed E-state index contributed by atoms with van der Waals surface area (Å²) in [6.45, 7) is 4.31. The topological polar surface area (TPSA) is 92.8 Å². The maximum atomic E-state index is 13.0. The molecule has 0 atom stereocenters. The van der Waals surface area contributed by atoms with E-state index < -0.39 is 21.5 Å². The molecule has 1 aliphatic carbocycles. The Morgan fingerprint density at radius 3 is 2.31 bits per heavy atom. The number of aryl methyl sites for hydroxylation is 2. The number of piperidine rings is 1. The Balaban J connectivity index is 1.65. The Kier molecular flexibility index (Phi) is 6.33. The summed E-state index contributed by atoms with van der Waals surface area (Å²) in [5.41, 5.74) is 0.822. The van der Waals surface area contributed by atoms with E-state index in [1.807, 2.05) is 13.0 Å². The third-order valence-corrected chi connectivity index (χ3v) is 8.23. The molecule has 1 saturated heterocycles. The van der Waals surface area contributed by atoms with Crippen molar-refractivity contribution in [3.63, 3.8) is 0 Å². The van der Waals surface area contributed by atoms with E-state index in [9.17, 15) is 18.0 Å². The van der Waals surface area contributed by atoms with E-state index in [0.717, 1.165) is 24.0 Å². The SMILES string of the molecule is COC(=O)C1(NC(=O)C2CCN(S(=O)(=O)c3ccc(C)cc3C)CC2)CCCC1. The molecule has 2 fully saturated rings. The number of nitrogens with zero attached hydrogens (tertiary/aromatic N) is 1. The average molecular weight is 423 g/mol. The van der Waals surface area contributed by atoms with Crippen LogP contribution in [0.1, 0.15) is 49.7 Å². The van der Waals surface area contributed by atoms with Crippen LogP contribution in [0.3, 0.4) is 0 Å². The van der Waals surface area contributed by atoms with Crippen LogP contribution in [0.2, 0.25) is 0 Å². The highest BCUT2D eigenvalue weighted by molar-refractivity contribution is 7.89. The summed E-state index contributed by atoms with van der Waals surface area (Å²) in [4.78, 5) is 25.4. The van der Waals surface area contributed by atoms with Crippen molar-refractivity contribution in [2.45, 2.75) is 62.8 Å². The normalized spacial score (nSPS) is 20.4. The van der Waals surface area contributed by atoms with E-state index in [0.29, 0.717) is 43.7 Å². The van der Waals surface area contributed by atoms with Crippen molar-refractivity contribution in [1.29, 1.82) is 0 Å². The second-order valence-electron chi connectivity index (χ2n) is 8.22. The Morgan fingerprint density at radius 2 is 1.76 bits per heavy atom. The predicted molar refractivity (Wildman–Crippen MR) is 109 cm³/mol. The minimum atomic E-state index is -3.58. The quantitative estimate of drug-likeness (QED) is 0.735. The first kappa shape index (κ1) is 21.8. The highest BCUT2D eigenvalue weighted by Crippen LogP contribution is 2.32. The molecule has 1 aromatic carbocycles. The van der Waals surface area contributed by atoms with Crippen LogP contribution in [-0.2, 0) is 24.3 Å². The number of hydrogen-bond donors (Lipinski definition) is 1. The molecule has 7 nitrogen and oxygen atoms in total. The third kappa shape index (κ3) is 4.33. The number of carbonyl (C=O) groups excluding carboxylic acids is 2. The van der Waals surface area contributed by atoms with Crippen molar-refractivity contribution in [1.82, 2.24) is 9.62 Å². The van der Waals surface area contributed by atoms with E-state index in [-0.39, 0.29) is 11.8 Å². The van der Waals surface area contributed by atoms with Gasteiger partial charge in [-0.2, -0.15) is 4.31 Å². The van der Waals surface area contributed by atoms with Gasteiger partial charge in [-0.25, -0.2) is 13.2 Å². The standard InChI is InChI=1S/C21H30N2O5S/c1-15-6-7-18(16(2)14-15)29(26,27)23-12-8-17(9-13-23)19(24)22-21(20(25)28-3)10-4-5-11-21/h6-7,14,17H,4-5,8-13H2,1-3H3,(H,22,24). The van der Waals surface area contributed by atoms with E-state index in [2.05, 4.69) is 5.32 Å². The molecule has 0 aromatic heterocycles. The fourth-order valence-electron chi connectivity index (χ4n) is 4.48. The Labute approximate surface area is 172 Å². The minimum Gasteiger partial charge on any atom is -0.467 e. The summed E-state index contributed by atoms with van der Waals surface area (Å²) in [6, 6.07) is 5.31. The van der Waals surface area contributed by atoms with Crippen molar-refractivity contribution < 1.29 is 22.7 Å². The zero-order chi connectivity index (χ0) is 21.2. The van der Waals surface area contributed by atoms with Gasteiger partial charge in [0.15, 0.2) is 0 Å². The number of methoxy groups -OCH3 is 1. The van der Waals surface area contributed by atoms with Gasteiger partial charge in [0.1, 0.15) is 5.54 Å². The lowest BCUT2D eigenvalue weighted by Crippen LogP contribution is -2.55. The maximum absolute atomic E-state index is 13.0. The smallest absolute Gasteiger partial charge is 0.331 e. The molecule has 1 heterocycles. The van der Waals surface area contributed by atoms with Crippen molar-refractivity contribution in [3.05, 3.63) is 29.3 Å². The van der Waals surface area contributed by atoms with Crippen LogP contribution in [0.25, 0.3) is 0 Å². The van der Waals surface area contributed by atoms with Gasteiger partial charge in [-0.15, -0.1) is 0 Å². The van der Waals surface area contributed by atoms with E-state index in [1.54, 1.807) is 19.1 Å². The van der Waals surface area contributed by atoms with Gasteiger partial charge >= 0.3 is 5.97 Å². The Bertz CT molecular complexity index is 882. The molecule has 1 aromatic rings. The van der Waals surface area contributed by atoms with Crippen LogP contribution < -0.4 is 5.32 Å². The molecule has 0 spiro atoms. The molecule has 1 saturated carbocycles. The summed E-state index contributed by atoms with van der Waals surface area (Å²) in [6.07, 6.45) is 3.81. The molecule has 0 bridgehead atoms. The summed E-state index contributed by atoms with van der Waals surface area (Å²) >= 11 is 0. The number of hydrogen-bond acceptors (Lipinski definition) is 5. The summed E-state index contributed by atoms with van der Waals surface area (Å²) in [5, 5.41) is 2.93. The number of esters is 1. The van der Waals surface area contributed by atoms with E-state index in [4.69, 9.17) is 4.74 Å². The molecule has 8 heteroatoms. The van der Waals surface area contributed by atoms with Crippen LogP contribution in [0.4, 0.5) is 0 Å². The summed E-state index contributed by atoms with van der Waals surface area (Å²) < 4.78 is 32.4. The zero-order valence-electron chi connectivity index (χ0n) is 17.4. The highest BCUT2D eigenvalue weighted by atomic mass is 32.2. The molecule has 2 aliphatic rings. The van der Waals surface area contributed by atoms with Crippen LogP contribution in [0.15, 0.2) is 23.1 Å². The van der Waals surface area contributed by atoms with Crippen LogP contribution in [-0.4, -0.2) is 50.3 Å². The van der Waals surface area contributed by atoms with Crippen molar-refractivity contribution in [2.75, 3.05) is 20.2 Å². The summed E-state index contributed by atoms with van der Waals surface area (Å²) in [7, 11) is -2.24. The molecular formula is C21H30N2O5S. The monoisotopic (exact) mass is 422 g/mol. The van der Waals surface area contributed by atoms with Gasteiger partial charge in [0.05, 0.1) is 12.0 Å². The van der Waals surface area contributed by atoms with Gasteiger partial charge in [-0.1, -0.05) is 30.5 Å². The fourth-order valence-corrected chi connectivity index (χ4v) is 6.15. The van der Waals surface area contributed by atoms with Gasteiger partial charge in [0, 0.05) is 19.0 Å². The number of carbonyl (C=O) groups is 2. The maximum Gasteiger partial charge on any atom is 0.331 e. The molecule has 0 unspecified atom stereocenters. The van der Waals surface area contributed by atoms with Gasteiger partial charge in [0.2, 0.25) is 15.9 Å². The fraction of sp³-hybridized carbons (Fsp3) is 0.619. The van der Waals surface area contributed by atoms with Crippen molar-refractivity contribution >= 4 is 21.9 Å². The van der Waals surface area contributed by atoms with Crippen molar-refractivity contribution in [2.24, 2.45) is 5.92 Å². The van der Waals surface area contributed by atoms with Gasteiger partial charge in [-0.3, -0.25) is 4.79 Å². The second kappa shape index (κ2) is 8.44. The lowest BCUT2D eigenvalue weighted by atomic mass is 9.92. The van der Waals surface area contributed by atoms with E-state index >= 15 is 0 Å². The van der Waals surface area contributed by atoms with Gasteiger partial charge < -0.3 is 10.1 Å². The largest absolute Gasteiger partial charge is 0.467 e. The van der Waals surface area contributed by atoms with Gasteiger partial charge in [0.25, 0.3) is 0 Å². The number of benzene rings is 1. The Morgan fingerprint density at radius 1 is 1.14 bits per heavy atom. The molecule has 0 radical (unpaired) electrons. The molecule has 1 N–H and O–H groups in total. The van der Waals surface area contributed by atoms with Crippen molar-refractivity contribution in [3.8, 4) is 0 Å². The number of sulfonamides is 1. The lowest BCUT2D eigenvalue weighted by Gasteiger charge is -2.34. The second-order valence-corrected chi connectivity index (χ2v) is 10.1. The van der Waals surface area contributed by atoms with Gasteiger partial charge in [-0.05, 0) is 51.2 Å². The number of ether oxygens (including phenoxy) is 1. The lowest BCUT2D eigenvalue weighted by molar-refractivity contribution is -0.151. The highest BCUT2D eigenvalue weighted by Gasteiger charge is 2.45. The first-order chi connectivity index (χ1) is 13.7. The number of rotatable bonds is 5. The van der Waals surface area contributed by atoms with Crippen LogP contribution in [0, 0.1) is 19.8 Å². The van der Waals surface area contributed by atoms with E-state index in [1.165, 1.54) is 11.4 Å². The molecule has 3 rings (SSSR count). The molecular weight excluding hydrogens is 392 g/mol. The first-order valence-corrected chi connectivity index (χ1v) is 11.6. The molecule has 29 heavy (non-hydrogen) atoms. The minimum absolute atomic E-state index is 0.180. The Hall–Kier alpha value is -1.93. The molecule has 1 aliphatic heterocycles. The zero-order valence-corrected chi connectivity index (χ0v) is 18.2. The third-order valence-electron chi connectivity index (χ3n) is 6.17. The number of amides is 1. The summed E-state index contributed by atoms with van der Waals surface area (Å²) in [5.74, 6) is -0.873. The van der Waals surface area contributed by atoms with Crippen LogP contribution >= 0.6 is 0 Å². The molecule has 1 amide bonds.